The number of para-hydroxylation sites is 1. The van der Waals surface area contributed by atoms with Crippen LogP contribution in [0.5, 0.6) is 0 Å². The smallest absolute Gasteiger partial charge is 0.241 e. The van der Waals surface area contributed by atoms with Gasteiger partial charge in [-0.1, -0.05) is 37.3 Å². The maximum Gasteiger partial charge on any atom is 0.241 e. The molecule has 7 heteroatoms. The topological polar surface area (TPSA) is 69.7 Å². The predicted molar refractivity (Wildman–Crippen MR) is 122 cm³/mol. The van der Waals surface area contributed by atoms with E-state index in [1.165, 1.54) is 22.8 Å². The third kappa shape index (κ3) is 5.33. The van der Waals surface area contributed by atoms with Crippen LogP contribution >= 0.6 is 0 Å². The summed E-state index contributed by atoms with van der Waals surface area (Å²) in [5.74, 6) is -0.331. The van der Waals surface area contributed by atoms with E-state index in [0.29, 0.717) is 12.1 Å². The molecule has 1 saturated heterocycles. The van der Waals surface area contributed by atoms with E-state index >= 15 is 0 Å². The highest BCUT2D eigenvalue weighted by molar-refractivity contribution is 7.92. The molecule has 1 aliphatic rings. The lowest BCUT2D eigenvalue weighted by atomic mass is 10.1. The molecule has 1 aliphatic heterocycles. The van der Waals surface area contributed by atoms with Crippen molar-refractivity contribution in [3.63, 3.8) is 0 Å². The third-order valence-electron chi connectivity index (χ3n) is 5.57. The minimum absolute atomic E-state index is 0.215. The molecule has 1 amide bonds. The summed E-state index contributed by atoms with van der Waals surface area (Å²) >= 11 is 0. The van der Waals surface area contributed by atoms with Crippen LogP contribution in [0.2, 0.25) is 0 Å². The first-order valence-corrected chi connectivity index (χ1v) is 12.3. The van der Waals surface area contributed by atoms with Crippen LogP contribution < -0.4 is 14.5 Å². The number of anilines is 2. The van der Waals surface area contributed by atoms with E-state index in [-0.39, 0.29) is 18.5 Å². The molecule has 0 bridgehead atoms. The van der Waals surface area contributed by atoms with Crippen molar-refractivity contribution in [1.29, 1.82) is 0 Å². The number of nitrogens with zero attached hydrogens (tertiary/aromatic N) is 2. The molecule has 2 aromatic carbocycles. The van der Waals surface area contributed by atoms with Gasteiger partial charge >= 0.3 is 0 Å². The summed E-state index contributed by atoms with van der Waals surface area (Å²) in [5.41, 5.74) is 3.64. The van der Waals surface area contributed by atoms with Gasteiger partial charge in [0.05, 0.1) is 18.0 Å². The van der Waals surface area contributed by atoms with Crippen LogP contribution in [0.15, 0.2) is 48.5 Å². The summed E-state index contributed by atoms with van der Waals surface area (Å²) < 4.78 is 26.0. The molecule has 0 saturated carbocycles. The van der Waals surface area contributed by atoms with E-state index in [4.69, 9.17) is 0 Å². The monoisotopic (exact) mass is 429 g/mol. The number of hydrogen-bond acceptors (Lipinski definition) is 4. The molecule has 1 atom stereocenters. The Bertz CT molecular complexity index is 967. The Kier molecular flexibility index (Phi) is 7.02. The van der Waals surface area contributed by atoms with Gasteiger partial charge in [0.1, 0.15) is 6.54 Å². The van der Waals surface area contributed by atoms with Crippen LogP contribution in [0, 0.1) is 0 Å². The first kappa shape index (κ1) is 22.2. The molecule has 6 nitrogen and oxygen atoms in total. The molecule has 0 aromatic heterocycles. The van der Waals surface area contributed by atoms with Gasteiger partial charge in [0.2, 0.25) is 15.9 Å². The van der Waals surface area contributed by atoms with Crippen LogP contribution in [0.4, 0.5) is 11.4 Å². The predicted octanol–water partition coefficient (Wildman–Crippen LogP) is 3.49. The zero-order valence-corrected chi connectivity index (χ0v) is 18.8. The lowest BCUT2D eigenvalue weighted by molar-refractivity contribution is -0.120. The van der Waals surface area contributed by atoms with Crippen LogP contribution in [0.3, 0.4) is 0 Å². The lowest BCUT2D eigenvalue weighted by Crippen LogP contribution is -2.41. The minimum atomic E-state index is -3.59. The second kappa shape index (κ2) is 9.51. The highest BCUT2D eigenvalue weighted by Crippen LogP contribution is 2.24. The summed E-state index contributed by atoms with van der Waals surface area (Å²) in [7, 11) is -3.59. The Morgan fingerprint density at radius 3 is 2.33 bits per heavy atom. The fraction of sp³-hybridized carbons (Fsp3) is 0.435. The first-order chi connectivity index (χ1) is 14.3. The minimum Gasteiger partial charge on any atom is -0.372 e. The van der Waals surface area contributed by atoms with Gasteiger partial charge in [-0.05, 0) is 55.5 Å². The highest BCUT2D eigenvalue weighted by atomic mass is 32.2. The van der Waals surface area contributed by atoms with Crippen molar-refractivity contribution in [1.82, 2.24) is 5.32 Å². The number of sulfonamides is 1. The molecule has 1 heterocycles. The molecular formula is C23H31N3O3S. The Labute approximate surface area is 179 Å². The average molecular weight is 430 g/mol. The van der Waals surface area contributed by atoms with Crippen molar-refractivity contribution < 1.29 is 13.2 Å². The van der Waals surface area contributed by atoms with E-state index in [2.05, 4.69) is 22.3 Å². The number of aryl methyl sites for hydroxylation is 1. The normalized spacial score (nSPS) is 15.1. The van der Waals surface area contributed by atoms with Gasteiger partial charge in [-0.3, -0.25) is 9.10 Å². The molecule has 0 radical (unpaired) electrons. The zero-order chi connectivity index (χ0) is 21.7. The summed E-state index contributed by atoms with van der Waals surface area (Å²) in [6.45, 7) is 5.81. The van der Waals surface area contributed by atoms with Gasteiger partial charge in [-0.15, -0.1) is 0 Å². The second-order valence-electron chi connectivity index (χ2n) is 7.83. The maximum atomic E-state index is 12.7. The molecule has 1 fully saturated rings. The Hall–Kier alpha value is -2.54. The largest absolute Gasteiger partial charge is 0.372 e. The van der Waals surface area contributed by atoms with Gasteiger partial charge < -0.3 is 10.2 Å². The molecule has 0 spiro atoms. The lowest BCUT2D eigenvalue weighted by Gasteiger charge is -2.25. The molecule has 30 heavy (non-hydrogen) atoms. The average Bonchev–Trinajstić information content (AvgIpc) is 3.26. The summed E-state index contributed by atoms with van der Waals surface area (Å²) in [4.78, 5) is 15.1. The Morgan fingerprint density at radius 2 is 1.73 bits per heavy atom. The fourth-order valence-electron chi connectivity index (χ4n) is 3.88. The number of rotatable bonds is 8. The van der Waals surface area contributed by atoms with Crippen molar-refractivity contribution in [2.24, 2.45) is 0 Å². The SMILES string of the molecule is CCc1ccccc1N(CC(=O)NC(C)c1ccc(N2CCCC2)cc1)S(C)(=O)=O. The zero-order valence-electron chi connectivity index (χ0n) is 18.0. The molecule has 0 aliphatic carbocycles. The molecule has 3 rings (SSSR count). The molecular weight excluding hydrogens is 398 g/mol. The van der Waals surface area contributed by atoms with E-state index in [1.54, 1.807) is 12.1 Å². The van der Waals surface area contributed by atoms with E-state index < -0.39 is 10.0 Å². The standard InChI is InChI=1S/C23H31N3O3S/c1-4-19-9-5-6-10-22(19)26(30(3,28)29)17-23(27)24-18(2)20-11-13-21(14-12-20)25-15-7-8-16-25/h5-6,9-14,18H,4,7-8,15-17H2,1-3H3,(H,24,27). The molecule has 2 aromatic rings. The number of nitrogens with one attached hydrogen (secondary N) is 1. The quantitative estimate of drug-likeness (QED) is 0.697. The number of hydrogen-bond donors (Lipinski definition) is 1. The van der Waals surface area contributed by atoms with E-state index in [0.717, 1.165) is 30.5 Å². The van der Waals surface area contributed by atoms with Crippen LogP contribution in [-0.4, -0.2) is 40.2 Å². The highest BCUT2D eigenvalue weighted by Gasteiger charge is 2.23. The number of amides is 1. The van der Waals surface area contributed by atoms with Gasteiger partial charge in [0.25, 0.3) is 0 Å². The van der Waals surface area contributed by atoms with Gasteiger partial charge in [0, 0.05) is 18.8 Å². The Balaban J connectivity index is 1.69. The van der Waals surface area contributed by atoms with Gasteiger partial charge in [-0.25, -0.2) is 8.42 Å². The van der Waals surface area contributed by atoms with Crippen molar-refractivity contribution >= 4 is 27.3 Å². The van der Waals surface area contributed by atoms with Gasteiger partial charge in [0.15, 0.2) is 0 Å². The fourth-order valence-corrected chi connectivity index (χ4v) is 4.77. The summed E-state index contributed by atoms with van der Waals surface area (Å²) in [6.07, 6.45) is 4.27. The van der Waals surface area contributed by atoms with E-state index in [9.17, 15) is 13.2 Å². The number of carbonyl (C=O) groups excluding carboxylic acids is 1. The van der Waals surface area contributed by atoms with Crippen LogP contribution in [-0.2, 0) is 21.2 Å². The molecule has 1 unspecified atom stereocenters. The third-order valence-corrected chi connectivity index (χ3v) is 6.70. The summed E-state index contributed by atoms with van der Waals surface area (Å²) in [6, 6.07) is 15.3. The van der Waals surface area contributed by atoms with Crippen LogP contribution in [0.25, 0.3) is 0 Å². The molecule has 1 N–H and O–H groups in total. The van der Waals surface area contributed by atoms with Gasteiger partial charge in [-0.2, -0.15) is 0 Å². The second-order valence-corrected chi connectivity index (χ2v) is 9.73. The van der Waals surface area contributed by atoms with E-state index in [1.807, 2.05) is 38.1 Å². The summed E-state index contributed by atoms with van der Waals surface area (Å²) in [5, 5.41) is 2.94. The van der Waals surface area contributed by atoms with Crippen LogP contribution in [0.1, 0.15) is 43.9 Å². The number of carbonyl (C=O) groups is 1. The first-order valence-electron chi connectivity index (χ1n) is 10.5. The van der Waals surface area contributed by atoms with Crippen molar-refractivity contribution in [3.8, 4) is 0 Å². The van der Waals surface area contributed by atoms with Crippen molar-refractivity contribution in [2.75, 3.05) is 35.1 Å². The maximum absolute atomic E-state index is 12.7. The Morgan fingerprint density at radius 1 is 1.10 bits per heavy atom. The molecule has 162 valence electrons. The van der Waals surface area contributed by atoms with Crippen molar-refractivity contribution in [3.05, 3.63) is 59.7 Å². The van der Waals surface area contributed by atoms with Crippen molar-refractivity contribution in [2.45, 2.75) is 39.2 Å². The number of benzene rings is 2.